The molecule has 1 aliphatic heterocycles. The topological polar surface area (TPSA) is 61.4 Å². The molecule has 2 N–H and O–H groups in total. The minimum Gasteiger partial charge on any atom is -0.352 e. The Labute approximate surface area is 163 Å². The molecular formula is C20H28F3N3O2. The lowest BCUT2D eigenvalue weighted by Gasteiger charge is -2.32. The number of hydrogen-bond donors (Lipinski definition) is 2. The van der Waals surface area contributed by atoms with E-state index in [2.05, 4.69) is 15.5 Å². The van der Waals surface area contributed by atoms with Crippen molar-refractivity contribution >= 4 is 11.8 Å². The Morgan fingerprint density at radius 2 is 1.82 bits per heavy atom. The molecule has 2 amide bonds. The Morgan fingerprint density at radius 1 is 1.18 bits per heavy atom. The molecule has 1 saturated heterocycles. The number of nitrogens with one attached hydrogen (secondary N) is 2. The molecule has 0 radical (unpaired) electrons. The van der Waals surface area contributed by atoms with Crippen molar-refractivity contribution in [2.45, 2.75) is 45.6 Å². The van der Waals surface area contributed by atoms with E-state index in [1.165, 1.54) is 0 Å². The van der Waals surface area contributed by atoms with Gasteiger partial charge in [0.1, 0.15) is 5.82 Å². The highest BCUT2D eigenvalue weighted by Crippen LogP contribution is 2.21. The fourth-order valence-electron chi connectivity index (χ4n) is 3.22. The number of halogens is 3. The number of alkyl halides is 2. The van der Waals surface area contributed by atoms with Crippen LogP contribution in [0.25, 0.3) is 0 Å². The van der Waals surface area contributed by atoms with Crippen LogP contribution in [0.1, 0.15) is 56.0 Å². The predicted octanol–water partition coefficient (Wildman–Crippen LogP) is 3.12. The smallest absolute Gasteiger partial charge is 0.263 e. The Kier molecular flexibility index (Phi) is 7.46. The van der Waals surface area contributed by atoms with Gasteiger partial charge in [-0.3, -0.25) is 14.5 Å². The van der Waals surface area contributed by atoms with E-state index in [1.54, 1.807) is 0 Å². The average Bonchev–Trinajstić information content (AvgIpc) is 2.58. The van der Waals surface area contributed by atoms with Crippen molar-refractivity contribution in [3.63, 3.8) is 0 Å². The normalized spacial score (nSPS) is 16.2. The molecule has 2 rings (SSSR count). The van der Waals surface area contributed by atoms with E-state index in [4.69, 9.17) is 0 Å². The van der Waals surface area contributed by atoms with E-state index in [1.807, 2.05) is 20.8 Å². The molecule has 8 heteroatoms. The van der Waals surface area contributed by atoms with Crippen molar-refractivity contribution in [1.29, 1.82) is 0 Å². The molecule has 0 saturated carbocycles. The van der Waals surface area contributed by atoms with Gasteiger partial charge >= 0.3 is 0 Å². The molecule has 28 heavy (non-hydrogen) atoms. The summed E-state index contributed by atoms with van der Waals surface area (Å²) in [7, 11) is 0. The number of piperidine rings is 1. The number of nitrogens with zero attached hydrogens (tertiary/aromatic N) is 1. The maximum absolute atomic E-state index is 13.4. The minimum absolute atomic E-state index is 0.0137. The minimum atomic E-state index is -2.83. The van der Waals surface area contributed by atoms with Crippen LogP contribution in [0.15, 0.2) is 18.2 Å². The third-order valence-electron chi connectivity index (χ3n) is 4.57. The molecule has 1 fully saturated rings. The lowest BCUT2D eigenvalue weighted by Crippen LogP contribution is -2.48. The highest BCUT2D eigenvalue weighted by molar-refractivity contribution is 5.94. The SMILES string of the molecule is CC(C)(C)NC(=O)CN1CCC(CNC(=O)c2cc(F)cc(C(F)F)c2)CC1. The highest BCUT2D eigenvalue weighted by atomic mass is 19.3. The van der Waals surface area contributed by atoms with Gasteiger partial charge in [-0.15, -0.1) is 0 Å². The number of amides is 2. The second kappa shape index (κ2) is 9.41. The van der Waals surface area contributed by atoms with Gasteiger partial charge in [0, 0.05) is 23.2 Å². The van der Waals surface area contributed by atoms with Crippen molar-refractivity contribution < 1.29 is 22.8 Å². The Morgan fingerprint density at radius 3 is 2.39 bits per heavy atom. The van der Waals surface area contributed by atoms with Gasteiger partial charge < -0.3 is 10.6 Å². The van der Waals surface area contributed by atoms with Crippen LogP contribution in [0.5, 0.6) is 0 Å². The maximum atomic E-state index is 13.4. The maximum Gasteiger partial charge on any atom is 0.263 e. The first kappa shape index (κ1) is 22.2. The van der Waals surface area contributed by atoms with E-state index >= 15 is 0 Å². The van der Waals surface area contributed by atoms with Gasteiger partial charge in [-0.2, -0.15) is 0 Å². The molecule has 1 aromatic carbocycles. The first-order chi connectivity index (χ1) is 13.0. The number of hydrogen-bond acceptors (Lipinski definition) is 3. The van der Waals surface area contributed by atoms with Crippen molar-refractivity contribution in [2.75, 3.05) is 26.2 Å². The van der Waals surface area contributed by atoms with Crippen LogP contribution in [0.4, 0.5) is 13.2 Å². The Balaban J connectivity index is 1.78. The van der Waals surface area contributed by atoms with Gasteiger partial charge in [0.2, 0.25) is 5.91 Å². The van der Waals surface area contributed by atoms with Crippen molar-refractivity contribution in [3.8, 4) is 0 Å². The molecule has 1 aliphatic rings. The second-order valence-electron chi connectivity index (χ2n) is 8.30. The molecule has 0 aliphatic carbocycles. The number of rotatable bonds is 6. The average molecular weight is 399 g/mol. The third-order valence-corrected chi connectivity index (χ3v) is 4.57. The number of benzene rings is 1. The van der Waals surface area contributed by atoms with Crippen LogP contribution in [0, 0.1) is 11.7 Å². The summed E-state index contributed by atoms with van der Waals surface area (Å²) in [5, 5.41) is 5.63. The summed E-state index contributed by atoms with van der Waals surface area (Å²) < 4.78 is 38.9. The van der Waals surface area contributed by atoms with E-state index in [0.717, 1.165) is 44.1 Å². The lowest BCUT2D eigenvalue weighted by atomic mass is 9.96. The van der Waals surface area contributed by atoms with Crippen molar-refractivity contribution in [1.82, 2.24) is 15.5 Å². The number of likely N-dealkylation sites (tertiary alicyclic amines) is 1. The standard InChI is InChI=1S/C20H28F3N3O2/c1-20(2,3)25-17(27)12-26-6-4-13(5-7-26)11-24-19(28)15-8-14(18(22)23)9-16(21)10-15/h8-10,13,18H,4-7,11-12H2,1-3H3,(H,24,28)(H,25,27). The molecule has 0 aromatic heterocycles. The second-order valence-corrected chi connectivity index (χ2v) is 8.30. The highest BCUT2D eigenvalue weighted by Gasteiger charge is 2.23. The van der Waals surface area contributed by atoms with E-state index in [0.29, 0.717) is 13.1 Å². The molecule has 0 bridgehead atoms. The molecule has 1 heterocycles. The summed E-state index contributed by atoms with van der Waals surface area (Å²) in [4.78, 5) is 26.2. The fourth-order valence-corrected chi connectivity index (χ4v) is 3.22. The van der Waals surface area contributed by atoms with E-state index in [9.17, 15) is 22.8 Å². The molecule has 0 unspecified atom stereocenters. The lowest BCUT2D eigenvalue weighted by molar-refractivity contribution is -0.124. The quantitative estimate of drug-likeness (QED) is 0.773. The number of carbonyl (C=O) groups excluding carboxylic acids is 2. The molecule has 0 spiro atoms. The molecule has 5 nitrogen and oxygen atoms in total. The van der Waals surface area contributed by atoms with E-state index < -0.39 is 23.7 Å². The van der Waals surface area contributed by atoms with Gasteiger partial charge in [0.25, 0.3) is 12.3 Å². The zero-order valence-corrected chi connectivity index (χ0v) is 16.5. The van der Waals surface area contributed by atoms with Crippen LogP contribution in [0.3, 0.4) is 0 Å². The van der Waals surface area contributed by atoms with Crippen LogP contribution < -0.4 is 10.6 Å². The zero-order chi connectivity index (χ0) is 20.9. The van der Waals surface area contributed by atoms with Crippen molar-refractivity contribution in [2.24, 2.45) is 5.92 Å². The monoisotopic (exact) mass is 399 g/mol. The zero-order valence-electron chi connectivity index (χ0n) is 16.5. The van der Waals surface area contributed by atoms with E-state index in [-0.39, 0.29) is 22.9 Å². The Hall–Kier alpha value is -2.09. The van der Waals surface area contributed by atoms with Gasteiger partial charge in [0.15, 0.2) is 0 Å². The largest absolute Gasteiger partial charge is 0.352 e. The van der Waals surface area contributed by atoms with Crippen LogP contribution >= 0.6 is 0 Å². The predicted molar refractivity (Wildman–Crippen MR) is 101 cm³/mol. The van der Waals surface area contributed by atoms with Gasteiger partial charge in [-0.05, 0) is 70.8 Å². The molecular weight excluding hydrogens is 371 g/mol. The van der Waals surface area contributed by atoms with Gasteiger partial charge in [-0.1, -0.05) is 0 Å². The van der Waals surface area contributed by atoms with Gasteiger partial charge in [0.05, 0.1) is 6.54 Å². The third kappa shape index (κ3) is 7.14. The summed E-state index contributed by atoms with van der Waals surface area (Å²) in [6.45, 7) is 8.02. The molecule has 1 aromatic rings. The molecule has 0 atom stereocenters. The summed E-state index contributed by atoms with van der Waals surface area (Å²) in [6.07, 6.45) is -1.20. The molecule has 156 valence electrons. The fraction of sp³-hybridized carbons (Fsp3) is 0.600. The first-order valence-electron chi connectivity index (χ1n) is 9.43. The Bertz CT molecular complexity index is 696. The first-order valence-corrected chi connectivity index (χ1v) is 9.43. The summed E-state index contributed by atoms with van der Waals surface area (Å²) >= 11 is 0. The summed E-state index contributed by atoms with van der Waals surface area (Å²) in [5.74, 6) is -1.20. The van der Waals surface area contributed by atoms with Crippen LogP contribution in [0.2, 0.25) is 0 Å². The number of carbonyl (C=O) groups is 2. The van der Waals surface area contributed by atoms with Crippen LogP contribution in [-0.4, -0.2) is 48.4 Å². The summed E-state index contributed by atoms with van der Waals surface area (Å²) in [5.41, 5.74) is -0.876. The van der Waals surface area contributed by atoms with Gasteiger partial charge in [-0.25, -0.2) is 13.2 Å². The van der Waals surface area contributed by atoms with Crippen molar-refractivity contribution in [3.05, 3.63) is 35.1 Å². The van der Waals surface area contributed by atoms with Crippen LogP contribution in [-0.2, 0) is 4.79 Å². The summed E-state index contributed by atoms with van der Waals surface area (Å²) in [6, 6.07) is 2.70.